The third kappa shape index (κ3) is 11.6. The summed E-state index contributed by atoms with van der Waals surface area (Å²) in [6.45, 7) is 20.2. The molecular weight excluding hydrogens is 721 g/mol. The first-order chi connectivity index (χ1) is 27.6. The number of esters is 3. The predicted molar refractivity (Wildman–Crippen MR) is 235 cm³/mol. The Hall–Kier alpha value is -3.15. The molecule has 1 aromatic rings. The van der Waals surface area contributed by atoms with Crippen LogP contribution >= 0.6 is 0 Å². The molecule has 0 bridgehead atoms. The average Bonchev–Trinajstić information content (AvgIpc) is 3.80. The van der Waals surface area contributed by atoms with Gasteiger partial charge in [-0.3, -0.25) is 14.4 Å². The van der Waals surface area contributed by atoms with Gasteiger partial charge in [-0.05, 0) is 163 Å². The van der Waals surface area contributed by atoms with E-state index in [2.05, 4.69) is 85.8 Å². The van der Waals surface area contributed by atoms with Crippen molar-refractivity contribution in [2.24, 2.45) is 45.8 Å². The van der Waals surface area contributed by atoms with Crippen LogP contribution in [-0.4, -0.2) is 30.6 Å². The number of aryl methyl sites for hydroxylation is 1. The van der Waals surface area contributed by atoms with Gasteiger partial charge in [0, 0.05) is 0 Å². The maximum Gasteiger partial charge on any atom is 0.317 e. The van der Waals surface area contributed by atoms with Gasteiger partial charge in [-0.15, -0.1) is 0 Å². The van der Waals surface area contributed by atoms with Crippen LogP contribution in [0.2, 0.25) is 0 Å². The molecule has 5 rings (SSSR count). The molecule has 4 aliphatic rings. The summed E-state index contributed by atoms with van der Waals surface area (Å²) in [5.41, 5.74) is 2.13. The lowest BCUT2D eigenvalue weighted by Gasteiger charge is -2.38. The van der Waals surface area contributed by atoms with Crippen molar-refractivity contribution >= 4 is 17.9 Å². The summed E-state index contributed by atoms with van der Waals surface area (Å²) < 4.78 is 18.5. The molecule has 4 fully saturated rings. The van der Waals surface area contributed by atoms with Crippen molar-refractivity contribution in [3.63, 3.8) is 0 Å². The van der Waals surface area contributed by atoms with Crippen LogP contribution in [0.15, 0.2) is 54.2 Å². The second-order valence-electron chi connectivity index (χ2n) is 20.3. The number of allylic oxidation sites excluding steroid dienone is 6. The number of hydrogen-bond donors (Lipinski definition) is 0. The quantitative estimate of drug-likeness (QED) is 0.0533. The van der Waals surface area contributed by atoms with Gasteiger partial charge < -0.3 is 14.2 Å². The smallest absolute Gasteiger partial charge is 0.317 e. The van der Waals surface area contributed by atoms with E-state index in [1.807, 2.05) is 25.1 Å². The Morgan fingerprint density at radius 2 is 1.48 bits per heavy atom. The van der Waals surface area contributed by atoms with Gasteiger partial charge in [0.15, 0.2) is 0 Å². The fraction of sp³-hybridized carbons (Fsp3) is 0.712. The van der Waals surface area contributed by atoms with Crippen molar-refractivity contribution in [1.82, 2.24) is 0 Å². The van der Waals surface area contributed by atoms with Crippen LogP contribution < -0.4 is 4.74 Å². The second kappa shape index (κ2) is 20.4. The lowest BCUT2D eigenvalue weighted by molar-refractivity contribution is -0.164. The molecule has 7 atom stereocenters. The van der Waals surface area contributed by atoms with Crippen LogP contribution in [0.1, 0.15) is 182 Å². The fourth-order valence-electron chi connectivity index (χ4n) is 9.94. The highest BCUT2D eigenvalue weighted by molar-refractivity contribution is 5.81. The zero-order chi connectivity index (χ0) is 42.1. The maximum absolute atomic E-state index is 13.9. The monoisotopic (exact) mass is 799 g/mol. The van der Waals surface area contributed by atoms with E-state index >= 15 is 0 Å². The highest BCUT2D eigenvalue weighted by Crippen LogP contribution is 2.58. The van der Waals surface area contributed by atoms with Crippen molar-refractivity contribution in [3.8, 4) is 5.75 Å². The number of carbonyl (C=O) groups is 3. The van der Waals surface area contributed by atoms with Crippen LogP contribution in [0.3, 0.4) is 0 Å². The van der Waals surface area contributed by atoms with Crippen LogP contribution in [0.5, 0.6) is 5.75 Å². The molecule has 0 radical (unpaired) electrons. The summed E-state index contributed by atoms with van der Waals surface area (Å²) in [5, 5.41) is 0. The molecular formula is C52H78O6. The van der Waals surface area contributed by atoms with E-state index in [0.717, 1.165) is 101 Å². The van der Waals surface area contributed by atoms with Gasteiger partial charge in [-0.1, -0.05) is 109 Å². The number of benzene rings is 1. The predicted octanol–water partition coefficient (Wildman–Crippen LogP) is 13.4. The third-order valence-corrected chi connectivity index (χ3v) is 14.9. The maximum atomic E-state index is 13.9. The molecule has 6 nitrogen and oxygen atoms in total. The van der Waals surface area contributed by atoms with Gasteiger partial charge in [0.25, 0.3) is 0 Å². The van der Waals surface area contributed by atoms with E-state index in [4.69, 9.17) is 14.2 Å². The minimum Gasteiger partial charge on any atom is -0.465 e. The van der Waals surface area contributed by atoms with Crippen molar-refractivity contribution in [2.45, 2.75) is 183 Å². The topological polar surface area (TPSA) is 78.9 Å². The Labute approximate surface area is 352 Å². The van der Waals surface area contributed by atoms with Crippen molar-refractivity contribution in [2.75, 3.05) is 6.61 Å². The zero-order valence-electron chi connectivity index (χ0n) is 37.8. The van der Waals surface area contributed by atoms with Crippen molar-refractivity contribution in [1.29, 1.82) is 0 Å². The summed E-state index contributed by atoms with van der Waals surface area (Å²) in [6.07, 6.45) is 26.3. The first-order valence-electron chi connectivity index (χ1n) is 23.3. The molecule has 6 heteroatoms. The normalized spacial score (nSPS) is 27.0. The number of carbonyl (C=O) groups excluding carboxylic acids is 3. The molecule has 0 aromatic heterocycles. The average molecular weight is 799 g/mol. The number of rotatable bonds is 21. The third-order valence-electron chi connectivity index (χ3n) is 14.9. The summed E-state index contributed by atoms with van der Waals surface area (Å²) in [6, 6.07) is 6.21. The molecule has 0 heterocycles. The van der Waals surface area contributed by atoms with Crippen LogP contribution in [-0.2, 0) is 23.9 Å². The highest BCUT2D eigenvalue weighted by atomic mass is 16.5. The Bertz CT molecular complexity index is 1640. The molecule has 4 aliphatic carbocycles. The minimum atomic E-state index is -0.516. The van der Waals surface area contributed by atoms with Crippen LogP contribution in [0.25, 0.3) is 0 Å². The van der Waals surface area contributed by atoms with E-state index in [9.17, 15) is 14.4 Å². The fourth-order valence-corrected chi connectivity index (χ4v) is 9.94. The summed E-state index contributed by atoms with van der Waals surface area (Å²) in [7, 11) is 0. The van der Waals surface area contributed by atoms with E-state index in [1.165, 1.54) is 12.0 Å². The number of ether oxygens (including phenoxy) is 3. The van der Waals surface area contributed by atoms with Gasteiger partial charge in [-0.2, -0.15) is 0 Å². The van der Waals surface area contributed by atoms with Gasteiger partial charge in [0.1, 0.15) is 11.9 Å². The van der Waals surface area contributed by atoms with Crippen LogP contribution in [0, 0.1) is 52.8 Å². The molecule has 322 valence electrons. The Morgan fingerprint density at radius 3 is 2.05 bits per heavy atom. The number of hydrogen-bond acceptors (Lipinski definition) is 6. The van der Waals surface area contributed by atoms with Crippen LogP contribution in [0.4, 0.5) is 0 Å². The largest absolute Gasteiger partial charge is 0.465 e. The molecule has 0 amide bonds. The van der Waals surface area contributed by atoms with Gasteiger partial charge in [-0.25, -0.2) is 0 Å². The first-order valence-corrected chi connectivity index (χ1v) is 23.3. The molecule has 0 N–H and O–H groups in total. The molecule has 4 saturated carbocycles. The lowest BCUT2D eigenvalue weighted by atomic mass is 9.66. The summed E-state index contributed by atoms with van der Waals surface area (Å²) in [5.74, 6) is 2.99. The molecule has 0 aliphatic heterocycles. The highest BCUT2D eigenvalue weighted by Gasteiger charge is 2.59. The van der Waals surface area contributed by atoms with E-state index in [1.54, 1.807) is 0 Å². The standard InChI is InChI=1S/C52H78O6/c1-36(2)17-14-18-38(5)24-32-56-47(53)50(27-15-28-50)25-12-10-11-13-26-51(29-16-30-51)48(54)57-46-34-40(7)20-22-44(46)41(8)23-31-52(35-42(52)9)49(55)58-45-33-39(6)19-21-43(45)37(3)4/h10-13,17,20,22,34,37-39,41-43,45H,14-16,18-19,21,23-33,35H2,1-9H3/b12-10+,13-11+/t38?,39?,41?,42-,43?,45?,52-/m1/s1. The molecule has 0 saturated heterocycles. The van der Waals surface area contributed by atoms with E-state index < -0.39 is 10.8 Å². The van der Waals surface area contributed by atoms with Gasteiger partial charge in [0.2, 0.25) is 0 Å². The van der Waals surface area contributed by atoms with Gasteiger partial charge in [0.05, 0.1) is 22.9 Å². The van der Waals surface area contributed by atoms with Crippen molar-refractivity contribution in [3.05, 3.63) is 65.3 Å². The van der Waals surface area contributed by atoms with E-state index in [-0.39, 0.29) is 35.3 Å². The zero-order valence-corrected chi connectivity index (χ0v) is 37.8. The molecule has 5 unspecified atom stereocenters. The Balaban J connectivity index is 1.12. The molecule has 0 spiro atoms. The second-order valence-corrected chi connectivity index (χ2v) is 20.3. The molecule has 58 heavy (non-hydrogen) atoms. The Morgan fingerprint density at radius 1 is 0.845 bits per heavy atom. The van der Waals surface area contributed by atoms with Crippen molar-refractivity contribution < 1.29 is 28.6 Å². The SMILES string of the molecule is CC(C)=CCCC(C)CCOC(=O)C1(C/C=C/C=C/CC2(C(=O)Oc3cc(C)ccc3C(C)CC[C@@]3(C(=O)OC4CC(C)CCC4C(C)C)C[C@H]3C)CCC2)CCC1. The first kappa shape index (κ1) is 45.9. The van der Waals surface area contributed by atoms with E-state index in [0.29, 0.717) is 54.8 Å². The lowest BCUT2D eigenvalue weighted by Crippen LogP contribution is -2.40. The Kier molecular flexibility index (Phi) is 16.2. The molecule has 1 aromatic carbocycles. The van der Waals surface area contributed by atoms with Gasteiger partial charge >= 0.3 is 17.9 Å². The summed E-state index contributed by atoms with van der Waals surface area (Å²) in [4.78, 5) is 40.9. The summed E-state index contributed by atoms with van der Waals surface area (Å²) >= 11 is 0. The minimum absolute atomic E-state index is 0.00857.